The number of carbonyl (C=O) groups is 3. The minimum absolute atomic E-state index is 0.0311. The van der Waals surface area contributed by atoms with E-state index in [1.165, 1.54) is 4.90 Å². The maximum absolute atomic E-state index is 13.2. The van der Waals surface area contributed by atoms with Crippen molar-refractivity contribution >= 4 is 29.1 Å². The summed E-state index contributed by atoms with van der Waals surface area (Å²) >= 11 is 0. The lowest BCUT2D eigenvalue weighted by Crippen LogP contribution is -2.47. The first-order valence-electron chi connectivity index (χ1n) is 12.8. The van der Waals surface area contributed by atoms with Gasteiger partial charge in [0.05, 0.1) is 5.69 Å². The van der Waals surface area contributed by atoms with E-state index in [2.05, 4.69) is 5.32 Å². The SMILES string of the molecule is O=C(CC(c1ccccc1)c1ccccc1)Nc1ccc2c(c1)N(CC(=O)N1CCCCC1)C(=O)CO2. The van der Waals surface area contributed by atoms with Crippen molar-refractivity contribution in [2.75, 3.05) is 36.5 Å². The molecular weight excluding hydrogens is 466 g/mol. The number of rotatable bonds is 7. The van der Waals surface area contributed by atoms with Gasteiger partial charge in [-0.1, -0.05) is 60.7 Å². The predicted octanol–water partition coefficient (Wildman–Crippen LogP) is 4.59. The smallest absolute Gasteiger partial charge is 0.265 e. The van der Waals surface area contributed by atoms with E-state index in [1.54, 1.807) is 18.2 Å². The lowest BCUT2D eigenvalue weighted by atomic mass is 9.88. The van der Waals surface area contributed by atoms with Crippen LogP contribution < -0.4 is 15.0 Å². The van der Waals surface area contributed by atoms with Gasteiger partial charge in [0.15, 0.2) is 6.61 Å². The first-order valence-corrected chi connectivity index (χ1v) is 12.8. The predicted molar refractivity (Wildman–Crippen MR) is 143 cm³/mol. The summed E-state index contributed by atoms with van der Waals surface area (Å²) in [5, 5.41) is 2.99. The normalized spacial score (nSPS) is 15.2. The summed E-state index contributed by atoms with van der Waals surface area (Å²) in [4.78, 5) is 42.1. The molecular formula is C30H31N3O4. The fourth-order valence-corrected chi connectivity index (χ4v) is 5.03. The van der Waals surface area contributed by atoms with E-state index in [-0.39, 0.29) is 43.2 Å². The quantitative estimate of drug-likeness (QED) is 0.518. The van der Waals surface area contributed by atoms with Gasteiger partial charge < -0.3 is 15.0 Å². The average molecular weight is 498 g/mol. The second-order valence-corrected chi connectivity index (χ2v) is 9.52. The molecule has 3 aromatic rings. The van der Waals surface area contributed by atoms with Gasteiger partial charge in [-0.15, -0.1) is 0 Å². The van der Waals surface area contributed by atoms with Crippen LogP contribution in [0.25, 0.3) is 0 Å². The molecule has 190 valence electrons. The van der Waals surface area contributed by atoms with Crippen molar-refractivity contribution in [3.63, 3.8) is 0 Å². The number of fused-ring (bicyclic) bond motifs is 1. The van der Waals surface area contributed by atoms with Gasteiger partial charge in [-0.3, -0.25) is 19.3 Å². The average Bonchev–Trinajstić information content (AvgIpc) is 2.94. The summed E-state index contributed by atoms with van der Waals surface area (Å²) in [5.74, 6) is -0.0470. The highest BCUT2D eigenvalue weighted by molar-refractivity contribution is 6.03. The molecule has 2 heterocycles. The van der Waals surface area contributed by atoms with Gasteiger partial charge in [-0.05, 0) is 48.6 Å². The van der Waals surface area contributed by atoms with Crippen LogP contribution in [0.3, 0.4) is 0 Å². The van der Waals surface area contributed by atoms with Crippen LogP contribution in [-0.2, 0) is 14.4 Å². The maximum atomic E-state index is 13.2. The highest BCUT2D eigenvalue weighted by atomic mass is 16.5. The summed E-state index contributed by atoms with van der Waals surface area (Å²) in [6.07, 6.45) is 3.37. The number of amides is 3. The number of nitrogens with zero attached hydrogens (tertiary/aromatic N) is 2. The summed E-state index contributed by atoms with van der Waals surface area (Å²) in [7, 11) is 0. The van der Waals surface area contributed by atoms with Crippen molar-refractivity contribution in [3.8, 4) is 5.75 Å². The van der Waals surface area contributed by atoms with Gasteiger partial charge in [-0.25, -0.2) is 0 Å². The number of piperidine rings is 1. The van der Waals surface area contributed by atoms with E-state index >= 15 is 0 Å². The van der Waals surface area contributed by atoms with Crippen LogP contribution in [0.5, 0.6) is 5.75 Å². The van der Waals surface area contributed by atoms with Gasteiger partial charge in [-0.2, -0.15) is 0 Å². The van der Waals surface area contributed by atoms with Crippen molar-refractivity contribution in [3.05, 3.63) is 90.0 Å². The highest BCUT2D eigenvalue weighted by Crippen LogP contribution is 2.35. The summed E-state index contributed by atoms with van der Waals surface area (Å²) in [5.41, 5.74) is 3.19. The van der Waals surface area contributed by atoms with Gasteiger partial charge in [0, 0.05) is 31.1 Å². The van der Waals surface area contributed by atoms with E-state index in [4.69, 9.17) is 4.74 Å². The lowest BCUT2D eigenvalue weighted by Gasteiger charge is -2.33. The lowest BCUT2D eigenvalue weighted by molar-refractivity contribution is -0.132. The third-order valence-corrected chi connectivity index (χ3v) is 6.98. The molecule has 7 heteroatoms. The van der Waals surface area contributed by atoms with Crippen LogP contribution in [-0.4, -0.2) is 48.9 Å². The monoisotopic (exact) mass is 497 g/mol. The zero-order valence-corrected chi connectivity index (χ0v) is 20.8. The molecule has 5 rings (SSSR count). The topological polar surface area (TPSA) is 79.0 Å². The molecule has 1 N–H and O–H groups in total. The number of nitrogens with one attached hydrogen (secondary N) is 1. The molecule has 1 saturated heterocycles. The van der Waals surface area contributed by atoms with E-state index in [9.17, 15) is 14.4 Å². The zero-order chi connectivity index (χ0) is 25.6. The van der Waals surface area contributed by atoms with E-state index in [1.807, 2.05) is 65.6 Å². The molecule has 0 radical (unpaired) electrons. The molecule has 0 aliphatic carbocycles. The Labute approximate surface area is 217 Å². The Morgan fingerprint density at radius 2 is 1.51 bits per heavy atom. The molecule has 3 aromatic carbocycles. The van der Waals surface area contributed by atoms with Gasteiger partial charge in [0.25, 0.3) is 5.91 Å². The molecule has 37 heavy (non-hydrogen) atoms. The molecule has 0 unspecified atom stereocenters. The van der Waals surface area contributed by atoms with Crippen LogP contribution in [0.1, 0.15) is 42.7 Å². The Morgan fingerprint density at radius 1 is 0.865 bits per heavy atom. The van der Waals surface area contributed by atoms with E-state index < -0.39 is 0 Å². The van der Waals surface area contributed by atoms with Gasteiger partial charge in [0.2, 0.25) is 11.8 Å². The minimum Gasteiger partial charge on any atom is -0.482 e. The molecule has 1 fully saturated rings. The van der Waals surface area contributed by atoms with Crippen LogP contribution in [0.2, 0.25) is 0 Å². The third kappa shape index (κ3) is 5.82. The van der Waals surface area contributed by atoms with Gasteiger partial charge in [0.1, 0.15) is 12.3 Å². The number of hydrogen-bond acceptors (Lipinski definition) is 4. The number of likely N-dealkylation sites (tertiary alicyclic amines) is 1. The molecule has 0 atom stereocenters. The molecule has 7 nitrogen and oxygen atoms in total. The molecule has 0 aromatic heterocycles. The third-order valence-electron chi connectivity index (χ3n) is 6.98. The maximum Gasteiger partial charge on any atom is 0.265 e. The van der Waals surface area contributed by atoms with E-state index in [0.717, 1.165) is 43.5 Å². The largest absolute Gasteiger partial charge is 0.482 e. The molecule has 0 saturated carbocycles. The Hall–Kier alpha value is -4.13. The van der Waals surface area contributed by atoms with Crippen LogP contribution in [0.15, 0.2) is 78.9 Å². The summed E-state index contributed by atoms with van der Waals surface area (Å²) < 4.78 is 5.60. The Kier molecular flexibility index (Phi) is 7.49. The van der Waals surface area contributed by atoms with Crippen LogP contribution in [0.4, 0.5) is 11.4 Å². The molecule has 3 amide bonds. The summed E-state index contributed by atoms with van der Waals surface area (Å²) in [6.45, 7) is 1.31. The fourth-order valence-electron chi connectivity index (χ4n) is 5.03. The standard InChI is InChI=1S/C30H31N3O4/c34-28(19-25(22-10-4-1-5-11-22)23-12-6-2-7-13-23)31-24-14-15-27-26(18-24)33(30(36)21-37-27)20-29(35)32-16-8-3-9-17-32/h1-2,4-7,10-15,18,25H,3,8-9,16-17,19-21H2,(H,31,34). The Bertz CT molecular complexity index is 1220. The second-order valence-electron chi connectivity index (χ2n) is 9.52. The molecule has 0 bridgehead atoms. The molecule has 2 aliphatic rings. The van der Waals surface area contributed by atoms with Crippen LogP contribution in [0, 0.1) is 0 Å². The number of hydrogen-bond donors (Lipinski definition) is 1. The number of carbonyl (C=O) groups excluding carboxylic acids is 3. The first kappa shape index (κ1) is 24.6. The van der Waals surface area contributed by atoms with Crippen molar-refractivity contribution in [1.82, 2.24) is 4.90 Å². The second kappa shape index (κ2) is 11.3. The Morgan fingerprint density at radius 3 is 2.16 bits per heavy atom. The minimum atomic E-state index is -0.269. The Balaban J connectivity index is 1.32. The van der Waals surface area contributed by atoms with Crippen molar-refractivity contribution in [2.45, 2.75) is 31.6 Å². The van der Waals surface area contributed by atoms with Crippen molar-refractivity contribution in [2.24, 2.45) is 0 Å². The molecule has 2 aliphatic heterocycles. The first-order chi connectivity index (χ1) is 18.1. The van der Waals surface area contributed by atoms with Crippen molar-refractivity contribution in [1.29, 1.82) is 0 Å². The highest BCUT2D eigenvalue weighted by Gasteiger charge is 2.30. The van der Waals surface area contributed by atoms with Crippen molar-refractivity contribution < 1.29 is 19.1 Å². The summed E-state index contributed by atoms with van der Waals surface area (Å²) in [6, 6.07) is 25.2. The number of benzene rings is 3. The number of ether oxygens (including phenoxy) is 1. The van der Waals surface area contributed by atoms with Crippen LogP contribution >= 0.6 is 0 Å². The number of anilines is 2. The van der Waals surface area contributed by atoms with Gasteiger partial charge >= 0.3 is 0 Å². The fraction of sp³-hybridized carbons (Fsp3) is 0.300. The van der Waals surface area contributed by atoms with E-state index in [0.29, 0.717) is 17.1 Å². The zero-order valence-electron chi connectivity index (χ0n) is 20.8. The molecule has 0 spiro atoms.